The zero-order chi connectivity index (χ0) is 13.3. The summed E-state index contributed by atoms with van der Waals surface area (Å²) in [6.07, 6.45) is 2.25. The van der Waals surface area contributed by atoms with Crippen molar-refractivity contribution < 1.29 is 9.53 Å². The maximum Gasteiger partial charge on any atom is 0.318 e. The Kier molecular flexibility index (Phi) is 2.32. The molecule has 4 heteroatoms. The molecule has 4 rings (SSSR count). The van der Waals surface area contributed by atoms with Gasteiger partial charge in [0.25, 0.3) is 0 Å². The number of carbonyl (C=O) groups excluding carboxylic acids is 1. The van der Waals surface area contributed by atoms with E-state index in [-0.39, 0.29) is 23.3 Å². The SMILES string of the molecule is CC(C)NC(=O)N1[C@@H]2[C@@H]3CC[C@](C)(OC3(C)C)[C@@H]21. The highest BCUT2D eigenvalue weighted by Crippen LogP contribution is 2.60. The molecule has 102 valence electrons. The second-order valence-electron chi connectivity index (χ2n) is 7.11. The average molecular weight is 252 g/mol. The molecule has 4 nitrogen and oxygen atoms in total. The summed E-state index contributed by atoms with van der Waals surface area (Å²) in [5.41, 5.74) is -0.238. The Labute approximate surface area is 109 Å². The third-order valence-corrected chi connectivity index (χ3v) is 4.88. The highest BCUT2D eigenvalue weighted by atomic mass is 16.5. The predicted molar refractivity (Wildman–Crippen MR) is 69.4 cm³/mol. The topological polar surface area (TPSA) is 41.3 Å². The van der Waals surface area contributed by atoms with Gasteiger partial charge >= 0.3 is 6.03 Å². The van der Waals surface area contributed by atoms with Gasteiger partial charge in [0.05, 0.1) is 23.3 Å². The summed E-state index contributed by atoms with van der Waals surface area (Å²) in [5.74, 6) is 0.488. The van der Waals surface area contributed by atoms with Crippen molar-refractivity contribution in [2.75, 3.05) is 0 Å². The number of likely N-dealkylation sites (tertiary alicyclic amines) is 1. The fraction of sp³-hybridized carbons (Fsp3) is 0.929. The van der Waals surface area contributed by atoms with E-state index in [4.69, 9.17) is 4.74 Å². The Hall–Kier alpha value is -0.770. The Bertz CT molecular complexity index is 393. The van der Waals surface area contributed by atoms with Gasteiger partial charge in [-0.05, 0) is 47.5 Å². The lowest BCUT2D eigenvalue weighted by atomic mass is 9.69. The maximum atomic E-state index is 12.2. The first-order valence-corrected chi connectivity index (χ1v) is 7.05. The van der Waals surface area contributed by atoms with E-state index in [0.29, 0.717) is 18.0 Å². The van der Waals surface area contributed by atoms with Gasteiger partial charge in [-0.15, -0.1) is 0 Å². The van der Waals surface area contributed by atoms with Crippen molar-refractivity contribution >= 4 is 6.03 Å². The van der Waals surface area contributed by atoms with Crippen LogP contribution >= 0.6 is 0 Å². The first kappa shape index (κ1) is 12.3. The molecule has 0 spiro atoms. The lowest BCUT2D eigenvalue weighted by molar-refractivity contribution is -0.214. The van der Waals surface area contributed by atoms with Crippen molar-refractivity contribution in [3.05, 3.63) is 0 Å². The van der Waals surface area contributed by atoms with E-state index in [2.05, 4.69) is 26.1 Å². The first-order valence-electron chi connectivity index (χ1n) is 7.05. The van der Waals surface area contributed by atoms with Gasteiger partial charge in [0.2, 0.25) is 0 Å². The number of fused-ring (bicyclic) bond motifs is 2. The average Bonchev–Trinajstić information content (AvgIpc) is 2.90. The van der Waals surface area contributed by atoms with Crippen LogP contribution in [0.4, 0.5) is 4.79 Å². The maximum absolute atomic E-state index is 12.2. The van der Waals surface area contributed by atoms with Gasteiger partial charge in [0.1, 0.15) is 0 Å². The second-order valence-corrected chi connectivity index (χ2v) is 7.11. The van der Waals surface area contributed by atoms with Gasteiger partial charge in [-0.3, -0.25) is 0 Å². The second kappa shape index (κ2) is 3.41. The Morgan fingerprint density at radius 3 is 2.61 bits per heavy atom. The van der Waals surface area contributed by atoms with E-state index < -0.39 is 0 Å². The fourth-order valence-electron chi connectivity index (χ4n) is 4.21. The van der Waals surface area contributed by atoms with Crippen LogP contribution in [0.15, 0.2) is 0 Å². The van der Waals surface area contributed by atoms with Crippen LogP contribution in [0.3, 0.4) is 0 Å². The lowest BCUT2D eigenvalue weighted by Gasteiger charge is -2.51. The molecule has 0 aromatic carbocycles. The van der Waals surface area contributed by atoms with Crippen LogP contribution in [-0.2, 0) is 4.74 Å². The number of ether oxygens (including phenoxy) is 1. The van der Waals surface area contributed by atoms with Crippen LogP contribution in [-0.4, -0.2) is 40.3 Å². The van der Waals surface area contributed by atoms with E-state index in [9.17, 15) is 4.79 Å². The molecular weight excluding hydrogens is 228 g/mol. The van der Waals surface area contributed by atoms with E-state index in [1.54, 1.807) is 0 Å². The summed E-state index contributed by atoms with van der Waals surface area (Å²) in [6.45, 7) is 10.5. The van der Waals surface area contributed by atoms with Crippen molar-refractivity contribution in [2.24, 2.45) is 5.92 Å². The van der Waals surface area contributed by atoms with Crippen molar-refractivity contribution in [2.45, 2.75) is 76.8 Å². The highest BCUT2D eigenvalue weighted by molar-refractivity contribution is 5.79. The van der Waals surface area contributed by atoms with E-state index in [1.165, 1.54) is 6.42 Å². The number of nitrogens with one attached hydrogen (secondary N) is 1. The molecule has 0 aromatic heterocycles. The predicted octanol–water partition coefficient (Wildman–Crippen LogP) is 2.13. The van der Waals surface area contributed by atoms with Gasteiger partial charge in [0, 0.05) is 12.0 Å². The van der Waals surface area contributed by atoms with E-state index >= 15 is 0 Å². The minimum Gasteiger partial charge on any atom is -0.367 e. The van der Waals surface area contributed by atoms with Crippen LogP contribution in [0.25, 0.3) is 0 Å². The molecule has 3 aliphatic heterocycles. The number of carbonyl (C=O) groups is 1. The fourth-order valence-corrected chi connectivity index (χ4v) is 4.21. The minimum atomic E-state index is -0.142. The molecule has 3 saturated heterocycles. The van der Waals surface area contributed by atoms with Crippen molar-refractivity contribution in [1.82, 2.24) is 10.2 Å². The number of rotatable bonds is 1. The monoisotopic (exact) mass is 252 g/mol. The van der Waals surface area contributed by atoms with Gasteiger partial charge in [-0.1, -0.05) is 0 Å². The number of hydrogen-bond donors (Lipinski definition) is 1. The Balaban J connectivity index is 1.82. The number of urea groups is 1. The number of hydrogen-bond acceptors (Lipinski definition) is 2. The highest BCUT2D eigenvalue weighted by Gasteiger charge is 2.72. The molecule has 0 unspecified atom stereocenters. The molecule has 18 heavy (non-hydrogen) atoms. The summed E-state index contributed by atoms with van der Waals surface area (Å²) >= 11 is 0. The normalized spacial score (nSPS) is 43.9. The van der Waals surface area contributed by atoms with E-state index in [0.717, 1.165) is 6.42 Å². The van der Waals surface area contributed by atoms with Crippen LogP contribution in [0.1, 0.15) is 47.5 Å². The largest absolute Gasteiger partial charge is 0.367 e. The van der Waals surface area contributed by atoms with E-state index in [1.807, 2.05) is 18.7 Å². The summed E-state index contributed by atoms with van der Waals surface area (Å²) in [7, 11) is 0. The quantitative estimate of drug-likeness (QED) is 0.726. The number of nitrogens with zero attached hydrogens (tertiary/aromatic N) is 1. The van der Waals surface area contributed by atoms with Crippen molar-refractivity contribution in [1.29, 1.82) is 0 Å². The van der Waals surface area contributed by atoms with Crippen LogP contribution < -0.4 is 5.32 Å². The summed E-state index contributed by atoms with van der Waals surface area (Å²) in [5, 5.41) is 3.01. The molecule has 0 aromatic rings. The smallest absolute Gasteiger partial charge is 0.318 e. The molecule has 0 radical (unpaired) electrons. The Morgan fingerprint density at radius 2 is 2.06 bits per heavy atom. The van der Waals surface area contributed by atoms with Gasteiger partial charge in [0.15, 0.2) is 0 Å². The molecule has 2 amide bonds. The zero-order valence-corrected chi connectivity index (χ0v) is 12.0. The molecular formula is C14H24N2O2. The molecule has 2 bridgehead atoms. The summed E-state index contributed by atoms with van der Waals surface area (Å²) < 4.78 is 6.28. The van der Waals surface area contributed by atoms with Crippen molar-refractivity contribution in [3.8, 4) is 0 Å². The third kappa shape index (κ3) is 1.51. The Morgan fingerprint density at radius 1 is 1.39 bits per heavy atom. The molecule has 4 atom stereocenters. The van der Waals surface area contributed by atoms with Crippen LogP contribution in [0.5, 0.6) is 0 Å². The molecule has 4 aliphatic rings. The molecule has 4 fully saturated rings. The summed E-state index contributed by atoms with van der Waals surface area (Å²) in [4.78, 5) is 14.2. The molecule has 1 saturated carbocycles. The van der Waals surface area contributed by atoms with Crippen LogP contribution in [0, 0.1) is 5.92 Å². The van der Waals surface area contributed by atoms with Gasteiger partial charge in [-0.25, -0.2) is 4.79 Å². The van der Waals surface area contributed by atoms with Crippen molar-refractivity contribution in [3.63, 3.8) is 0 Å². The zero-order valence-electron chi connectivity index (χ0n) is 12.0. The molecule has 1 N–H and O–H groups in total. The number of amides is 2. The van der Waals surface area contributed by atoms with Gasteiger partial charge in [-0.2, -0.15) is 0 Å². The van der Waals surface area contributed by atoms with Gasteiger partial charge < -0.3 is 15.0 Å². The summed E-state index contributed by atoms with van der Waals surface area (Å²) in [6, 6.07) is 0.966. The lowest BCUT2D eigenvalue weighted by Crippen LogP contribution is -2.58. The minimum absolute atomic E-state index is 0.0828. The third-order valence-electron chi connectivity index (χ3n) is 4.88. The first-order chi connectivity index (χ1) is 8.26. The molecule has 1 aliphatic carbocycles. The van der Waals surface area contributed by atoms with Crippen LogP contribution in [0.2, 0.25) is 0 Å². The standard InChI is InChI=1S/C14H24N2O2/c1-8(2)15-12(17)16-10-9-6-7-14(5,11(10)16)18-13(9,3)4/h8-11H,6-7H2,1-5H3,(H,15,17)/t9-,10+,11+,14-,16?/m0/s1. The molecule has 3 heterocycles.